The van der Waals surface area contributed by atoms with Gasteiger partial charge in [-0.3, -0.25) is 5.41 Å². The van der Waals surface area contributed by atoms with Crippen molar-refractivity contribution in [3.05, 3.63) is 28.6 Å². The molecule has 1 unspecified atom stereocenters. The van der Waals surface area contributed by atoms with Crippen LogP contribution in [0.1, 0.15) is 11.8 Å². The monoisotopic (exact) mass is 412 g/mol. The van der Waals surface area contributed by atoms with Gasteiger partial charge in [-0.2, -0.15) is 4.31 Å². The molecule has 3 aromatic heterocycles. The number of nitrogens with one attached hydrogen (secondary N) is 2. The molecule has 0 aromatic carbocycles. The summed E-state index contributed by atoms with van der Waals surface area (Å²) in [5.41, 5.74) is -0.734. The van der Waals surface area contributed by atoms with Crippen molar-refractivity contribution in [2.75, 3.05) is 12.8 Å². The van der Waals surface area contributed by atoms with E-state index in [1.54, 1.807) is 13.1 Å². The highest BCUT2D eigenvalue weighted by Gasteiger charge is 2.44. The Bertz CT molecular complexity index is 958. The van der Waals surface area contributed by atoms with Crippen molar-refractivity contribution in [1.82, 2.24) is 24.8 Å². The van der Waals surface area contributed by atoms with E-state index in [-0.39, 0.29) is 11.9 Å². The molecule has 4 heterocycles. The molecule has 1 fully saturated rings. The summed E-state index contributed by atoms with van der Waals surface area (Å²) in [6.07, 6.45) is 2.76. The molecule has 4 rings (SSSR count). The first-order chi connectivity index (χ1) is 12.4. The molecule has 2 N–H and O–H groups in total. The van der Waals surface area contributed by atoms with E-state index in [0.29, 0.717) is 27.3 Å². The smallest absolute Gasteiger partial charge is 0.285 e. The Morgan fingerprint density at radius 1 is 1.46 bits per heavy atom. The van der Waals surface area contributed by atoms with Crippen LogP contribution in [0.4, 0.5) is 0 Å². The molecule has 0 radical (unpaired) electrons. The van der Waals surface area contributed by atoms with Gasteiger partial charge in [-0.15, -0.1) is 21.5 Å². The second-order valence-corrected chi connectivity index (χ2v) is 8.77. The highest BCUT2D eigenvalue weighted by molar-refractivity contribution is 7.89. The number of hydrogen-bond donors (Lipinski definition) is 2. The minimum atomic E-state index is -1.32. The van der Waals surface area contributed by atoms with Gasteiger partial charge in [0.25, 0.3) is 11.8 Å². The van der Waals surface area contributed by atoms with Gasteiger partial charge in [0.15, 0.2) is 12.1 Å². The maximum absolute atomic E-state index is 12.3. The van der Waals surface area contributed by atoms with Crippen LogP contribution in [0.25, 0.3) is 22.4 Å². The SMILES string of the molecule is CN1C(=N)N[C@](C)(c2sc(-c3nnc(-c4cnco4)o3)cc2Cl)C[S+]1[O-]. The highest BCUT2D eigenvalue weighted by atomic mass is 35.5. The van der Waals surface area contributed by atoms with Gasteiger partial charge in [-0.1, -0.05) is 11.6 Å². The molecule has 1 aliphatic rings. The standard InChI is InChI=1S/C14H13ClN6O3S2/c1-14(5-26(22)21(2)13(16)18-14)10-7(15)3-9(25-10)12-20-19-11(24-12)8-4-17-6-23-8/h3-4,6H,5H2,1-2H3,(H2,16,18)/t14-,26?/m0/s1. The number of halogens is 1. The molecule has 2 atom stereocenters. The van der Waals surface area contributed by atoms with Gasteiger partial charge in [0.1, 0.15) is 5.54 Å². The summed E-state index contributed by atoms with van der Waals surface area (Å²) >= 11 is 6.45. The molecular formula is C14H13ClN6O3S2. The quantitative estimate of drug-likeness (QED) is 0.628. The van der Waals surface area contributed by atoms with Crippen molar-refractivity contribution < 1.29 is 13.4 Å². The molecule has 26 heavy (non-hydrogen) atoms. The van der Waals surface area contributed by atoms with Crippen molar-refractivity contribution in [2.45, 2.75) is 12.5 Å². The summed E-state index contributed by atoms with van der Waals surface area (Å²) in [7, 11) is 1.61. The molecule has 136 valence electrons. The fourth-order valence-electron chi connectivity index (χ4n) is 2.54. The number of thiophene rings is 1. The predicted octanol–water partition coefficient (Wildman–Crippen LogP) is 2.46. The first kappa shape index (κ1) is 17.3. The van der Waals surface area contributed by atoms with Crippen molar-refractivity contribution in [2.24, 2.45) is 0 Å². The first-order valence-corrected chi connectivity index (χ1v) is 9.86. The first-order valence-electron chi connectivity index (χ1n) is 7.39. The molecule has 12 heteroatoms. The summed E-state index contributed by atoms with van der Waals surface area (Å²) in [6.45, 7) is 1.86. The second kappa shape index (κ2) is 6.27. The fraction of sp³-hybridized carbons (Fsp3) is 0.286. The summed E-state index contributed by atoms with van der Waals surface area (Å²) < 4.78 is 24.4. The lowest BCUT2D eigenvalue weighted by Gasteiger charge is -2.39. The molecular weight excluding hydrogens is 400 g/mol. The molecule has 0 spiro atoms. The number of hydrogen-bond acceptors (Lipinski definition) is 8. The Kier molecular flexibility index (Phi) is 4.18. The summed E-state index contributed by atoms with van der Waals surface area (Å²) in [5.74, 6) is 1.25. The lowest BCUT2D eigenvalue weighted by molar-refractivity contribution is 0.424. The minimum Gasteiger partial charge on any atom is -0.593 e. The lowest BCUT2D eigenvalue weighted by atomic mass is 10.0. The van der Waals surface area contributed by atoms with Crippen LogP contribution < -0.4 is 5.32 Å². The normalized spacial score (nSPS) is 23.3. The Hall–Kier alpha value is -2.08. The van der Waals surface area contributed by atoms with E-state index in [2.05, 4.69) is 20.5 Å². The van der Waals surface area contributed by atoms with Crippen LogP contribution in [-0.4, -0.2) is 42.8 Å². The Morgan fingerprint density at radius 3 is 2.92 bits per heavy atom. The third kappa shape index (κ3) is 2.86. The molecule has 0 aliphatic carbocycles. The maximum Gasteiger partial charge on any atom is 0.285 e. The van der Waals surface area contributed by atoms with Crippen molar-refractivity contribution in [1.29, 1.82) is 5.41 Å². The van der Waals surface area contributed by atoms with E-state index in [0.717, 1.165) is 4.88 Å². The van der Waals surface area contributed by atoms with E-state index in [9.17, 15) is 4.55 Å². The van der Waals surface area contributed by atoms with Crippen LogP contribution in [-0.2, 0) is 16.9 Å². The van der Waals surface area contributed by atoms with Crippen LogP contribution in [0.5, 0.6) is 0 Å². The Morgan fingerprint density at radius 2 is 2.23 bits per heavy atom. The van der Waals surface area contributed by atoms with Crippen molar-refractivity contribution in [3.8, 4) is 22.4 Å². The highest BCUT2D eigenvalue weighted by Crippen LogP contribution is 2.42. The molecule has 0 saturated carbocycles. The molecule has 9 nitrogen and oxygen atoms in total. The minimum absolute atomic E-state index is 0.0773. The zero-order valence-corrected chi connectivity index (χ0v) is 16.0. The summed E-state index contributed by atoms with van der Waals surface area (Å²) in [6, 6.07) is 1.72. The topological polar surface area (TPSA) is 127 Å². The van der Waals surface area contributed by atoms with Gasteiger partial charge in [-0.25, -0.2) is 4.98 Å². The number of rotatable bonds is 3. The van der Waals surface area contributed by atoms with E-state index in [1.165, 1.54) is 28.2 Å². The average molecular weight is 413 g/mol. The van der Waals surface area contributed by atoms with Gasteiger partial charge in [-0.05, 0) is 13.0 Å². The van der Waals surface area contributed by atoms with Gasteiger partial charge >= 0.3 is 0 Å². The van der Waals surface area contributed by atoms with Crippen LogP contribution in [0.15, 0.2) is 27.5 Å². The van der Waals surface area contributed by atoms with Crippen molar-refractivity contribution in [3.63, 3.8) is 0 Å². The van der Waals surface area contributed by atoms with Crippen LogP contribution in [0.3, 0.4) is 0 Å². The summed E-state index contributed by atoms with van der Waals surface area (Å²) in [4.78, 5) is 5.23. The lowest BCUT2D eigenvalue weighted by Crippen LogP contribution is -2.60. The summed E-state index contributed by atoms with van der Waals surface area (Å²) in [5, 5.41) is 19.5. The van der Waals surface area contributed by atoms with E-state index in [4.69, 9.17) is 25.8 Å². The number of aromatic nitrogens is 3. The Labute approximate surface area is 160 Å². The molecule has 1 aliphatic heterocycles. The number of nitrogens with zero attached hydrogens (tertiary/aromatic N) is 4. The average Bonchev–Trinajstić information content (AvgIpc) is 3.31. The number of guanidine groups is 1. The zero-order valence-electron chi connectivity index (χ0n) is 13.6. The number of oxazole rings is 1. The zero-order chi connectivity index (χ0) is 18.5. The molecule has 0 amide bonds. The van der Waals surface area contributed by atoms with Crippen LogP contribution >= 0.6 is 22.9 Å². The van der Waals surface area contributed by atoms with E-state index in [1.807, 2.05) is 6.92 Å². The maximum atomic E-state index is 12.3. The largest absolute Gasteiger partial charge is 0.593 e. The molecule has 1 saturated heterocycles. The molecule has 3 aromatic rings. The predicted molar refractivity (Wildman–Crippen MR) is 97.1 cm³/mol. The van der Waals surface area contributed by atoms with E-state index >= 15 is 0 Å². The third-order valence-electron chi connectivity index (χ3n) is 3.89. The third-order valence-corrected chi connectivity index (χ3v) is 7.31. The van der Waals surface area contributed by atoms with Crippen LogP contribution in [0.2, 0.25) is 5.02 Å². The van der Waals surface area contributed by atoms with Gasteiger partial charge < -0.3 is 18.7 Å². The van der Waals surface area contributed by atoms with Crippen LogP contribution in [0, 0.1) is 5.41 Å². The second-order valence-electron chi connectivity index (χ2n) is 5.83. The van der Waals surface area contributed by atoms with Gasteiger partial charge in [0.2, 0.25) is 11.7 Å². The van der Waals surface area contributed by atoms with Crippen molar-refractivity contribution >= 4 is 40.3 Å². The van der Waals surface area contributed by atoms with E-state index < -0.39 is 16.9 Å². The molecule has 0 bridgehead atoms. The Balaban J connectivity index is 1.67. The fourth-order valence-corrected chi connectivity index (χ4v) is 5.35. The van der Waals surface area contributed by atoms with Gasteiger partial charge in [0.05, 0.1) is 39.4 Å². The van der Waals surface area contributed by atoms with Gasteiger partial charge in [0, 0.05) is 0 Å².